The van der Waals surface area contributed by atoms with Crippen LogP contribution in [0.15, 0.2) is 29.2 Å². The van der Waals surface area contributed by atoms with Crippen molar-refractivity contribution in [2.75, 3.05) is 26.2 Å². The zero-order chi connectivity index (χ0) is 16.2. The molecule has 0 aromatic heterocycles. The van der Waals surface area contributed by atoms with Crippen molar-refractivity contribution < 1.29 is 17.6 Å². The number of hydrogen-bond acceptors (Lipinski definition) is 4. The fraction of sp³-hybridized carbons (Fsp3) is 0.500. The van der Waals surface area contributed by atoms with E-state index in [2.05, 4.69) is 5.32 Å². The molecule has 8 heteroatoms. The van der Waals surface area contributed by atoms with Gasteiger partial charge in [0, 0.05) is 26.2 Å². The lowest BCUT2D eigenvalue weighted by Crippen LogP contribution is -2.46. The van der Waals surface area contributed by atoms with Crippen molar-refractivity contribution in [2.24, 2.45) is 11.7 Å². The number of nitrogens with zero attached hydrogens (tertiary/aromatic N) is 1. The zero-order valence-electron chi connectivity index (χ0n) is 12.2. The standard InChI is InChI=1S/C14H20FN3O3S/c15-12-3-5-13(6-4-12)22(20,21)18-9-1-2-11(10-18)14(19)17-8-7-16/h3-6,11H,1-2,7-10,16H2,(H,17,19). The summed E-state index contributed by atoms with van der Waals surface area (Å²) in [6, 6.07) is 4.70. The molecule has 6 nitrogen and oxygen atoms in total. The van der Waals surface area contributed by atoms with Gasteiger partial charge < -0.3 is 11.1 Å². The van der Waals surface area contributed by atoms with E-state index in [1.165, 1.54) is 16.4 Å². The summed E-state index contributed by atoms with van der Waals surface area (Å²) in [6.07, 6.45) is 1.26. The summed E-state index contributed by atoms with van der Waals surface area (Å²) in [5.74, 6) is -1.04. The van der Waals surface area contributed by atoms with Gasteiger partial charge in [0.15, 0.2) is 0 Å². The van der Waals surface area contributed by atoms with Crippen LogP contribution < -0.4 is 11.1 Å². The molecular weight excluding hydrogens is 309 g/mol. The first-order chi connectivity index (χ1) is 10.4. The molecule has 22 heavy (non-hydrogen) atoms. The van der Waals surface area contributed by atoms with E-state index in [0.717, 1.165) is 12.1 Å². The van der Waals surface area contributed by atoms with E-state index < -0.39 is 15.8 Å². The fourth-order valence-electron chi connectivity index (χ4n) is 2.47. The van der Waals surface area contributed by atoms with Crippen LogP contribution in [0, 0.1) is 11.7 Å². The van der Waals surface area contributed by atoms with E-state index in [1.54, 1.807) is 0 Å². The Bertz CT molecular complexity index is 619. The van der Waals surface area contributed by atoms with Gasteiger partial charge in [-0.15, -0.1) is 0 Å². The molecule has 0 bridgehead atoms. The first-order valence-electron chi connectivity index (χ1n) is 7.18. The smallest absolute Gasteiger partial charge is 0.243 e. The van der Waals surface area contributed by atoms with Crippen LogP contribution in [0.3, 0.4) is 0 Å². The van der Waals surface area contributed by atoms with E-state index in [4.69, 9.17) is 5.73 Å². The number of benzene rings is 1. The van der Waals surface area contributed by atoms with Crippen molar-refractivity contribution in [1.82, 2.24) is 9.62 Å². The maximum Gasteiger partial charge on any atom is 0.243 e. The second kappa shape index (κ2) is 7.17. The van der Waals surface area contributed by atoms with Crippen molar-refractivity contribution in [2.45, 2.75) is 17.7 Å². The highest BCUT2D eigenvalue weighted by molar-refractivity contribution is 7.89. The number of carbonyl (C=O) groups is 1. The topological polar surface area (TPSA) is 92.5 Å². The van der Waals surface area contributed by atoms with Gasteiger partial charge in [-0.25, -0.2) is 12.8 Å². The van der Waals surface area contributed by atoms with Crippen LogP contribution >= 0.6 is 0 Å². The van der Waals surface area contributed by atoms with Crippen molar-refractivity contribution >= 4 is 15.9 Å². The quantitative estimate of drug-likeness (QED) is 0.813. The van der Waals surface area contributed by atoms with Gasteiger partial charge in [0.05, 0.1) is 10.8 Å². The number of amides is 1. The Hall–Kier alpha value is -1.51. The highest BCUT2D eigenvalue weighted by Crippen LogP contribution is 2.24. The fourth-order valence-corrected chi connectivity index (χ4v) is 3.99. The van der Waals surface area contributed by atoms with Crippen molar-refractivity contribution in [3.63, 3.8) is 0 Å². The summed E-state index contributed by atoms with van der Waals surface area (Å²) in [4.78, 5) is 12.0. The number of hydrogen-bond donors (Lipinski definition) is 2. The Morgan fingerprint density at radius 1 is 1.36 bits per heavy atom. The van der Waals surface area contributed by atoms with Crippen LogP contribution in [0.5, 0.6) is 0 Å². The Morgan fingerprint density at radius 2 is 2.05 bits per heavy atom. The van der Waals surface area contributed by atoms with Gasteiger partial charge in [-0.3, -0.25) is 4.79 Å². The van der Waals surface area contributed by atoms with Gasteiger partial charge >= 0.3 is 0 Å². The Balaban J connectivity index is 2.11. The molecule has 1 aromatic carbocycles. The molecule has 1 fully saturated rings. The van der Waals surface area contributed by atoms with Gasteiger partial charge in [0.2, 0.25) is 15.9 Å². The Labute approximate surface area is 129 Å². The van der Waals surface area contributed by atoms with Crippen molar-refractivity contribution in [3.8, 4) is 0 Å². The molecule has 1 amide bonds. The van der Waals surface area contributed by atoms with Crippen molar-refractivity contribution in [3.05, 3.63) is 30.1 Å². The predicted octanol–water partition coefficient (Wildman–Crippen LogP) is 0.301. The summed E-state index contributed by atoms with van der Waals surface area (Å²) >= 11 is 0. The van der Waals surface area contributed by atoms with Crippen LogP contribution in [0.25, 0.3) is 0 Å². The third kappa shape index (κ3) is 3.82. The average molecular weight is 329 g/mol. The summed E-state index contributed by atoms with van der Waals surface area (Å²) in [5, 5.41) is 2.69. The van der Waals surface area contributed by atoms with E-state index in [1.807, 2.05) is 0 Å². The first-order valence-corrected chi connectivity index (χ1v) is 8.62. The lowest BCUT2D eigenvalue weighted by atomic mass is 9.99. The molecule has 0 spiro atoms. The number of nitrogens with two attached hydrogens (primary N) is 1. The second-order valence-electron chi connectivity index (χ2n) is 5.24. The molecule has 1 unspecified atom stereocenters. The van der Waals surface area contributed by atoms with Gasteiger partial charge in [0.25, 0.3) is 0 Å². The molecule has 3 N–H and O–H groups in total. The SMILES string of the molecule is NCCNC(=O)C1CCCN(S(=O)(=O)c2ccc(F)cc2)C1. The molecule has 1 aliphatic heterocycles. The minimum Gasteiger partial charge on any atom is -0.355 e. The molecule has 2 rings (SSSR count). The highest BCUT2D eigenvalue weighted by Gasteiger charge is 2.33. The third-order valence-electron chi connectivity index (χ3n) is 3.65. The molecule has 1 heterocycles. The third-order valence-corrected chi connectivity index (χ3v) is 5.53. The first kappa shape index (κ1) is 16.9. The second-order valence-corrected chi connectivity index (χ2v) is 7.17. The summed E-state index contributed by atoms with van der Waals surface area (Å²) in [7, 11) is -3.70. The number of nitrogens with one attached hydrogen (secondary N) is 1. The minimum absolute atomic E-state index is 0.0388. The van der Waals surface area contributed by atoms with E-state index >= 15 is 0 Å². The van der Waals surface area contributed by atoms with Gasteiger partial charge in [-0.1, -0.05) is 0 Å². The summed E-state index contributed by atoms with van der Waals surface area (Å²) in [6.45, 7) is 1.21. The minimum atomic E-state index is -3.70. The Kier molecular flexibility index (Phi) is 5.49. The number of carbonyl (C=O) groups excluding carboxylic acids is 1. The van der Waals surface area contributed by atoms with Crippen LogP contribution in [0.4, 0.5) is 4.39 Å². The Morgan fingerprint density at radius 3 is 2.68 bits per heavy atom. The van der Waals surface area contributed by atoms with E-state index in [9.17, 15) is 17.6 Å². The van der Waals surface area contributed by atoms with E-state index in [-0.39, 0.29) is 23.3 Å². The van der Waals surface area contributed by atoms with Crippen LogP contribution in [-0.4, -0.2) is 44.8 Å². The molecule has 122 valence electrons. The van der Waals surface area contributed by atoms with Gasteiger partial charge in [-0.05, 0) is 37.1 Å². The molecule has 1 aliphatic rings. The van der Waals surface area contributed by atoms with Crippen LogP contribution in [0.2, 0.25) is 0 Å². The lowest BCUT2D eigenvalue weighted by Gasteiger charge is -2.31. The van der Waals surface area contributed by atoms with Crippen LogP contribution in [-0.2, 0) is 14.8 Å². The highest BCUT2D eigenvalue weighted by atomic mass is 32.2. The van der Waals surface area contributed by atoms with Gasteiger partial charge in [-0.2, -0.15) is 4.31 Å². The summed E-state index contributed by atoms with van der Waals surface area (Å²) < 4.78 is 39.3. The van der Waals surface area contributed by atoms with Gasteiger partial charge in [0.1, 0.15) is 5.82 Å². The zero-order valence-corrected chi connectivity index (χ0v) is 13.0. The van der Waals surface area contributed by atoms with Crippen molar-refractivity contribution in [1.29, 1.82) is 0 Å². The number of sulfonamides is 1. The van der Waals surface area contributed by atoms with Crippen LogP contribution in [0.1, 0.15) is 12.8 Å². The number of rotatable bonds is 5. The molecule has 1 atom stereocenters. The molecule has 1 aromatic rings. The molecule has 0 radical (unpaired) electrons. The normalized spacial score (nSPS) is 19.8. The molecule has 0 saturated carbocycles. The maximum absolute atomic E-state index is 12.9. The lowest BCUT2D eigenvalue weighted by molar-refractivity contribution is -0.126. The maximum atomic E-state index is 12.9. The average Bonchev–Trinajstić information content (AvgIpc) is 2.53. The predicted molar refractivity (Wildman–Crippen MR) is 79.9 cm³/mol. The molecular formula is C14H20FN3O3S. The van der Waals surface area contributed by atoms with E-state index in [0.29, 0.717) is 32.5 Å². The monoisotopic (exact) mass is 329 g/mol. The molecule has 0 aliphatic carbocycles. The largest absolute Gasteiger partial charge is 0.355 e. The number of halogens is 1. The number of piperidine rings is 1. The molecule has 1 saturated heterocycles. The summed E-state index contributed by atoms with van der Waals surface area (Å²) in [5.41, 5.74) is 5.34.